The van der Waals surface area contributed by atoms with Crippen molar-refractivity contribution in [2.45, 2.75) is 37.1 Å². The van der Waals surface area contributed by atoms with Crippen LogP contribution in [0.3, 0.4) is 0 Å². The summed E-state index contributed by atoms with van der Waals surface area (Å²) in [6.45, 7) is 6.68. The molecular weight excluding hydrogens is 445 g/mol. The number of hydrogen-bond acceptors (Lipinski definition) is 3. The standard InChI is InChI=1S/C25H23Cl2N3S/c1-25(2,3)19-8-4-17(5-9-19)16-31-24-29-28-23(18-6-10-20(26)11-7-18)30(24)22-14-12-21(27)13-15-22/h4-15H,16H2,1-3H3. The molecule has 0 bridgehead atoms. The van der Waals surface area contributed by atoms with Gasteiger partial charge in [-0.15, -0.1) is 10.2 Å². The third-order valence-corrected chi connectivity index (χ3v) is 6.51. The summed E-state index contributed by atoms with van der Waals surface area (Å²) in [6.07, 6.45) is 0. The molecule has 0 saturated heterocycles. The molecule has 4 aromatic rings. The fraction of sp³-hybridized carbons (Fsp3) is 0.200. The van der Waals surface area contributed by atoms with Crippen molar-refractivity contribution >= 4 is 35.0 Å². The minimum absolute atomic E-state index is 0.147. The molecule has 0 aliphatic heterocycles. The third kappa shape index (κ3) is 5.15. The highest BCUT2D eigenvalue weighted by Crippen LogP contribution is 2.31. The van der Waals surface area contributed by atoms with Crippen molar-refractivity contribution in [2.24, 2.45) is 0 Å². The smallest absolute Gasteiger partial charge is 0.196 e. The van der Waals surface area contributed by atoms with Crippen molar-refractivity contribution in [3.05, 3.63) is 94.0 Å². The highest BCUT2D eigenvalue weighted by atomic mass is 35.5. The van der Waals surface area contributed by atoms with Gasteiger partial charge in [-0.3, -0.25) is 4.57 Å². The summed E-state index contributed by atoms with van der Waals surface area (Å²) >= 11 is 13.8. The van der Waals surface area contributed by atoms with Crippen LogP contribution in [-0.4, -0.2) is 14.8 Å². The number of benzene rings is 3. The van der Waals surface area contributed by atoms with Crippen LogP contribution >= 0.6 is 35.0 Å². The zero-order valence-corrected chi connectivity index (χ0v) is 20.0. The van der Waals surface area contributed by atoms with E-state index in [2.05, 4.69) is 59.8 Å². The van der Waals surface area contributed by atoms with Crippen LogP contribution in [0.4, 0.5) is 0 Å². The highest BCUT2D eigenvalue weighted by Gasteiger charge is 2.17. The van der Waals surface area contributed by atoms with E-state index in [1.165, 1.54) is 11.1 Å². The number of aromatic nitrogens is 3. The fourth-order valence-electron chi connectivity index (χ4n) is 3.22. The summed E-state index contributed by atoms with van der Waals surface area (Å²) in [5.74, 6) is 1.57. The Kier molecular flexibility index (Phi) is 6.42. The zero-order valence-electron chi connectivity index (χ0n) is 17.6. The molecule has 0 aliphatic rings. The van der Waals surface area contributed by atoms with Gasteiger partial charge in [0, 0.05) is 27.0 Å². The minimum atomic E-state index is 0.147. The van der Waals surface area contributed by atoms with E-state index in [4.69, 9.17) is 23.2 Å². The third-order valence-electron chi connectivity index (χ3n) is 5.01. The van der Waals surface area contributed by atoms with E-state index in [1.54, 1.807) is 11.8 Å². The molecule has 0 N–H and O–H groups in total. The van der Waals surface area contributed by atoms with Gasteiger partial charge in [0.05, 0.1) is 0 Å². The van der Waals surface area contributed by atoms with Crippen molar-refractivity contribution in [2.75, 3.05) is 0 Å². The Morgan fingerprint density at radius 3 is 1.94 bits per heavy atom. The zero-order chi connectivity index (χ0) is 22.0. The number of halogens is 2. The summed E-state index contributed by atoms with van der Waals surface area (Å²) in [5.41, 5.74) is 4.64. The van der Waals surface area contributed by atoms with Crippen molar-refractivity contribution in [3.63, 3.8) is 0 Å². The molecule has 0 spiro atoms. The van der Waals surface area contributed by atoms with Crippen LogP contribution < -0.4 is 0 Å². The number of hydrogen-bond donors (Lipinski definition) is 0. The molecule has 0 atom stereocenters. The average molecular weight is 468 g/mol. The molecule has 4 rings (SSSR count). The van der Waals surface area contributed by atoms with Crippen LogP contribution in [0.25, 0.3) is 17.1 Å². The monoisotopic (exact) mass is 467 g/mol. The molecule has 0 radical (unpaired) electrons. The van der Waals surface area contributed by atoms with E-state index in [0.29, 0.717) is 10.0 Å². The van der Waals surface area contributed by atoms with Crippen LogP contribution in [0.1, 0.15) is 31.9 Å². The van der Waals surface area contributed by atoms with Crippen LogP contribution in [0.5, 0.6) is 0 Å². The van der Waals surface area contributed by atoms with Gasteiger partial charge in [0.1, 0.15) is 0 Å². The Bertz CT molecular complexity index is 1160. The lowest BCUT2D eigenvalue weighted by atomic mass is 9.87. The molecule has 0 amide bonds. The first kappa shape index (κ1) is 21.9. The van der Waals surface area contributed by atoms with Crippen LogP contribution in [0.15, 0.2) is 78.0 Å². The first-order chi connectivity index (χ1) is 14.8. The van der Waals surface area contributed by atoms with Gasteiger partial charge in [-0.2, -0.15) is 0 Å². The number of nitrogens with zero attached hydrogens (tertiary/aromatic N) is 3. The van der Waals surface area contributed by atoms with Crippen molar-refractivity contribution in [3.8, 4) is 17.1 Å². The Hall–Kier alpha value is -2.27. The lowest BCUT2D eigenvalue weighted by Crippen LogP contribution is -2.10. The highest BCUT2D eigenvalue weighted by molar-refractivity contribution is 7.98. The lowest BCUT2D eigenvalue weighted by molar-refractivity contribution is 0.590. The Morgan fingerprint density at radius 2 is 1.35 bits per heavy atom. The molecule has 6 heteroatoms. The van der Waals surface area contributed by atoms with E-state index >= 15 is 0 Å². The fourth-order valence-corrected chi connectivity index (χ4v) is 4.38. The molecule has 3 nitrogen and oxygen atoms in total. The Balaban J connectivity index is 1.66. The predicted molar refractivity (Wildman–Crippen MR) is 132 cm³/mol. The van der Waals surface area contributed by atoms with E-state index in [1.807, 2.05) is 48.5 Å². The molecule has 31 heavy (non-hydrogen) atoms. The maximum absolute atomic E-state index is 6.11. The SMILES string of the molecule is CC(C)(C)c1ccc(CSc2nnc(-c3ccc(Cl)cc3)n2-c2ccc(Cl)cc2)cc1. The largest absolute Gasteiger partial charge is 0.270 e. The van der Waals surface area contributed by atoms with Crippen LogP contribution in [0, 0.1) is 0 Å². The second-order valence-electron chi connectivity index (χ2n) is 8.36. The summed E-state index contributed by atoms with van der Waals surface area (Å²) in [4.78, 5) is 0. The molecule has 158 valence electrons. The van der Waals surface area contributed by atoms with Crippen LogP contribution in [-0.2, 0) is 11.2 Å². The number of thioether (sulfide) groups is 1. The van der Waals surface area contributed by atoms with Gasteiger partial charge >= 0.3 is 0 Å². The molecule has 3 aromatic carbocycles. The maximum atomic E-state index is 6.11. The summed E-state index contributed by atoms with van der Waals surface area (Å²) in [6, 6.07) is 24.1. The molecule has 1 heterocycles. The Labute approximate surface area is 197 Å². The van der Waals surface area contributed by atoms with E-state index < -0.39 is 0 Å². The molecule has 0 saturated carbocycles. The summed E-state index contributed by atoms with van der Waals surface area (Å²) in [7, 11) is 0. The molecule has 0 fully saturated rings. The molecule has 0 aliphatic carbocycles. The van der Waals surface area contributed by atoms with Gasteiger partial charge in [-0.05, 0) is 65.1 Å². The molecule has 0 unspecified atom stereocenters. The van der Waals surface area contributed by atoms with Gasteiger partial charge in [-0.1, -0.05) is 80.0 Å². The quantitative estimate of drug-likeness (QED) is 0.280. The van der Waals surface area contributed by atoms with Crippen LogP contribution in [0.2, 0.25) is 10.0 Å². The second-order valence-corrected chi connectivity index (χ2v) is 10.2. The predicted octanol–water partition coefficient (Wildman–Crippen LogP) is 7.83. The molecule has 1 aromatic heterocycles. The van der Waals surface area contributed by atoms with Crippen molar-refractivity contribution in [1.82, 2.24) is 14.8 Å². The van der Waals surface area contributed by atoms with Gasteiger partial charge in [0.15, 0.2) is 11.0 Å². The van der Waals surface area contributed by atoms with Crippen molar-refractivity contribution in [1.29, 1.82) is 0 Å². The van der Waals surface area contributed by atoms with Gasteiger partial charge < -0.3 is 0 Å². The topological polar surface area (TPSA) is 30.7 Å². The maximum Gasteiger partial charge on any atom is 0.196 e. The van der Waals surface area contributed by atoms with Gasteiger partial charge in [0.2, 0.25) is 0 Å². The summed E-state index contributed by atoms with van der Waals surface area (Å²) in [5, 5.41) is 11.2. The first-order valence-electron chi connectivity index (χ1n) is 10.0. The normalized spacial score (nSPS) is 11.6. The molecular formula is C25H23Cl2N3S. The van der Waals surface area contributed by atoms with Gasteiger partial charge in [0.25, 0.3) is 0 Å². The lowest BCUT2D eigenvalue weighted by Gasteiger charge is -2.19. The number of rotatable bonds is 5. The van der Waals surface area contributed by atoms with E-state index in [9.17, 15) is 0 Å². The average Bonchev–Trinajstić information content (AvgIpc) is 3.17. The van der Waals surface area contributed by atoms with Crippen molar-refractivity contribution < 1.29 is 0 Å². The Morgan fingerprint density at radius 1 is 0.774 bits per heavy atom. The van der Waals surface area contributed by atoms with E-state index in [0.717, 1.165) is 28.0 Å². The minimum Gasteiger partial charge on any atom is -0.270 e. The second kappa shape index (κ2) is 9.07. The van der Waals surface area contributed by atoms with Gasteiger partial charge in [-0.25, -0.2) is 0 Å². The first-order valence-corrected chi connectivity index (χ1v) is 11.7. The summed E-state index contributed by atoms with van der Waals surface area (Å²) < 4.78 is 2.06. The van der Waals surface area contributed by atoms with E-state index in [-0.39, 0.29) is 5.41 Å².